The van der Waals surface area contributed by atoms with Crippen molar-refractivity contribution in [1.29, 1.82) is 0 Å². The van der Waals surface area contributed by atoms with Crippen molar-refractivity contribution in [2.24, 2.45) is 4.99 Å². The molecule has 1 amide bonds. The van der Waals surface area contributed by atoms with Crippen molar-refractivity contribution < 1.29 is 4.79 Å². The van der Waals surface area contributed by atoms with Crippen LogP contribution in [0.1, 0.15) is 12.8 Å². The highest BCUT2D eigenvalue weighted by Crippen LogP contribution is 2.02. The molecule has 0 bridgehead atoms. The minimum atomic E-state index is -0.0648. The molecule has 0 saturated carbocycles. The Morgan fingerprint density at radius 2 is 2.29 bits per heavy atom. The van der Waals surface area contributed by atoms with E-state index in [1.807, 2.05) is 0 Å². The van der Waals surface area contributed by atoms with E-state index in [-0.39, 0.29) is 5.91 Å². The molecule has 1 heterocycles. The van der Waals surface area contributed by atoms with Crippen molar-refractivity contribution in [2.75, 3.05) is 0 Å². The second-order valence-corrected chi connectivity index (χ2v) is 1.87. The smallest absolute Gasteiger partial charge is 0.244 e. The van der Waals surface area contributed by atoms with E-state index in [0.29, 0.717) is 17.9 Å². The van der Waals surface area contributed by atoms with Crippen molar-refractivity contribution in [3.63, 3.8) is 0 Å². The highest BCUT2D eigenvalue weighted by molar-refractivity contribution is 7.77. The maximum atomic E-state index is 10.2. The van der Waals surface area contributed by atoms with Gasteiger partial charge in [0.2, 0.25) is 5.91 Å². The van der Waals surface area contributed by atoms with Gasteiger partial charge in [0.25, 0.3) is 0 Å². The average Bonchev–Trinajstić information content (AvgIpc) is 1.87. The zero-order valence-electron chi connectivity index (χ0n) is 3.68. The van der Waals surface area contributed by atoms with Crippen LogP contribution in [0.25, 0.3) is 0 Å². The number of hydrogen-bond acceptors (Lipinski definition) is 2. The first-order chi connectivity index (χ1) is 3.29. The van der Waals surface area contributed by atoms with Gasteiger partial charge >= 0.3 is 0 Å². The van der Waals surface area contributed by atoms with Gasteiger partial charge in [-0.25, -0.2) is 4.99 Å². The molecule has 0 saturated heterocycles. The summed E-state index contributed by atoms with van der Waals surface area (Å²) in [5, 5.41) is 0.560. The first kappa shape index (κ1) is 4.71. The molecule has 0 fully saturated rings. The van der Waals surface area contributed by atoms with Gasteiger partial charge in [0.15, 0.2) is 0 Å². The monoisotopic (exact) mass is 114 g/mol. The zero-order valence-corrected chi connectivity index (χ0v) is 4.49. The molecule has 38 valence electrons. The van der Waals surface area contributed by atoms with Crippen LogP contribution in [0.5, 0.6) is 0 Å². The van der Waals surface area contributed by atoms with E-state index in [2.05, 4.69) is 17.6 Å². The van der Waals surface area contributed by atoms with Crippen molar-refractivity contribution in [2.45, 2.75) is 12.8 Å². The third-order valence-corrected chi connectivity index (χ3v) is 1.10. The number of nitrogens with zero attached hydrogens (tertiary/aromatic N) is 1. The third kappa shape index (κ3) is 0.962. The molecule has 0 spiro atoms. The summed E-state index contributed by atoms with van der Waals surface area (Å²) in [5.74, 6) is -0.0648. The number of carbonyl (C=O) groups excluding carboxylic acids is 1. The topological polar surface area (TPSA) is 29.4 Å². The fourth-order valence-electron chi connectivity index (χ4n) is 0.465. The first-order valence-electron chi connectivity index (χ1n) is 2.06. The molecular weight excluding hydrogens is 110 g/mol. The third-order valence-electron chi connectivity index (χ3n) is 0.802. The van der Waals surface area contributed by atoms with Crippen LogP contribution in [0.3, 0.4) is 0 Å². The summed E-state index contributed by atoms with van der Waals surface area (Å²) < 4.78 is 0. The Morgan fingerprint density at radius 1 is 1.57 bits per heavy atom. The van der Waals surface area contributed by atoms with Gasteiger partial charge in [-0.2, -0.15) is 0 Å². The van der Waals surface area contributed by atoms with Crippen LogP contribution >= 0.6 is 0 Å². The van der Waals surface area contributed by atoms with Crippen LogP contribution in [0, 0.1) is 0 Å². The van der Waals surface area contributed by atoms with Gasteiger partial charge in [-0.15, -0.1) is 5.04 Å². The molecule has 1 aliphatic heterocycles. The summed E-state index contributed by atoms with van der Waals surface area (Å²) in [6.07, 6.45) is 1.22. The number of hydrogen-bond donors (Lipinski definition) is 0. The van der Waals surface area contributed by atoms with E-state index in [9.17, 15) is 4.79 Å². The van der Waals surface area contributed by atoms with Crippen LogP contribution in [0.15, 0.2) is 4.99 Å². The zero-order chi connectivity index (χ0) is 5.28. The highest BCUT2D eigenvalue weighted by atomic mass is 32.1. The predicted molar refractivity (Wildman–Crippen MR) is 29.0 cm³/mol. The van der Waals surface area contributed by atoms with E-state index >= 15 is 0 Å². The van der Waals surface area contributed by atoms with Crippen LogP contribution in [0.4, 0.5) is 0 Å². The Balaban J connectivity index is 2.67. The predicted octanol–water partition coefficient (Wildman–Crippen LogP) is 0.252. The van der Waals surface area contributed by atoms with E-state index in [1.165, 1.54) is 0 Å². The maximum absolute atomic E-state index is 10.2. The van der Waals surface area contributed by atoms with Crippen molar-refractivity contribution in [1.82, 2.24) is 0 Å². The van der Waals surface area contributed by atoms with Crippen LogP contribution in [0.2, 0.25) is 0 Å². The summed E-state index contributed by atoms with van der Waals surface area (Å²) in [4.78, 5) is 13.7. The number of rotatable bonds is 0. The van der Waals surface area contributed by atoms with Gasteiger partial charge < -0.3 is 12.6 Å². The molecule has 0 unspecified atom stereocenters. The van der Waals surface area contributed by atoms with Crippen LogP contribution in [-0.4, -0.2) is 11.0 Å². The highest BCUT2D eigenvalue weighted by Gasteiger charge is 2.02. The van der Waals surface area contributed by atoms with Crippen molar-refractivity contribution >= 4 is 23.6 Å². The maximum Gasteiger partial charge on any atom is 0.244 e. The second kappa shape index (κ2) is 1.58. The largest absolute Gasteiger partial charge is 0.764 e. The normalized spacial score (nSPS) is 20.0. The quantitative estimate of drug-likeness (QED) is 0.422. The van der Waals surface area contributed by atoms with E-state index < -0.39 is 0 Å². The summed E-state index contributed by atoms with van der Waals surface area (Å²) in [6, 6.07) is 0. The lowest BCUT2D eigenvalue weighted by Gasteiger charge is -1.95. The number of aliphatic imine (C=N–C) groups is 1. The Hall–Kier alpha value is -0.440. The molecule has 0 aromatic rings. The van der Waals surface area contributed by atoms with Gasteiger partial charge in [0.05, 0.1) is 0 Å². The molecule has 0 aromatic heterocycles. The summed E-state index contributed by atoms with van der Waals surface area (Å²) in [7, 11) is 0. The Kier molecular flexibility index (Phi) is 1.06. The average molecular weight is 114 g/mol. The standard InChI is InChI=1S/C4H5NOS/c6-3-1-2-4(7)5-3/h1-2H2,(H,5,6,7)/p-1. The van der Waals surface area contributed by atoms with Crippen molar-refractivity contribution in [3.05, 3.63) is 0 Å². The molecule has 7 heavy (non-hydrogen) atoms. The van der Waals surface area contributed by atoms with Gasteiger partial charge in [-0.05, 0) is 6.42 Å². The number of amides is 1. The molecule has 1 rings (SSSR count). The Labute approximate surface area is 47.0 Å². The molecule has 0 aliphatic carbocycles. The second-order valence-electron chi connectivity index (χ2n) is 1.40. The lowest BCUT2D eigenvalue weighted by molar-refractivity contribution is -0.117. The number of carbonyl (C=O) groups is 1. The molecule has 3 heteroatoms. The molecular formula is C4H4NOS-. The molecule has 0 aromatic carbocycles. The fraction of sp³-hybridized carbons (Fsp3) is 0.500. The van der Waals surface area contributed by atoms with Gasteiger partial charge in [0.1, 0.15) is 0 Å². The van der Waals surface area contributed by atoms with Crippen LogP contribution in [-0.2, 0) is 17.4 Å². The lowest BCUT2D eigenvalue weighted by atomic mass is 10.4. The van der Waals surface area contributed by atoms with Gasteiger partial charge in [-0.3, -0.25) is 4.79 Å². The fourth-order valence-corrected chi connectivity index (χ4v) is 0.669. The van der Waals surface area contributed by atoms with Gasteiger partial charge in [-0.1, -0.05) is 0 Å². The first-order valence-corrected chi connectivity index (χ1v) is 2.47. The van der Waals surface area contributed by atoms with Crippen molar-refractivity contribution in [3.8, 4) is 0 Å². The lowest BCUT2D eigenvalue weighted by Crippen LogP contribution is -1.79. The summed E-state index contributed by atoms with van der Waals surface area (Å²) in [6.45, 7) is 0. The summed E-state index contributed by atoms with van der Waals surface area (Å²) >= 11 is 4.61. The molecule has 0 radical (unpaired) electrons. The minimum Gasteiger partial charge on any atom is -0.764 e. The Bertz CT molecular complexity index is 130. The SMILES string of the molecule is O=C1CCC([S-])=N1. The Morgan fingerprint density at radius 3 is 2.43 bits per heavy atom. The van der Waals surface area contributed by atoms with Crippen LogP contribution < -0.4 is 0 Å². The van der Waals surface area contributed by atoms with E-state index in [1.54, 1.807) is 0 Å². The summed E-state index contributed by atoms with van der Waals surface area (Å²) in [5.41, 5.74) is 0. The molecule has 0 N–H and O–H groups in total. The van der Waals surface area contributed by atoms with E-state index in [0.717, 1.165) is 0 Å². The van der Waals surface area contributed by atoms with Gasteiger partial charge in [0, 0.05) is 6.42 Å². The van der Waals surface area contributed by atoms with E-state index in [4.69, 9.17) is 0 Å². The molecule has 1 aliphatic rings. The molecule has 2 nitrogen and oxygen atoms in total. The minimum absolute atomic E-state index is 0.0648. The molecule has 0 atom stereocenters.